The molecule has 0 bridgehead atoms. The van der Waals surface area contributed by atoms with Crippen LogP contribution in [0.5, 0.6) is 0 Å². The Labute approximate surface area is 83.1 Å². The minimum absolute atomic E-state index is 0.452. The number of nitrogens with zero attached hydrogens (tertiary/aromatic N) is 5. The second kappa shape index (κ2) is 5.32. The average molecular weight is 194 g/mol. The zero-order valence-electron chi connectivity index (χ0n) is 8.43. The molecule has 1 rings (SSSR count). The van der Waals surface area contributed by atoms with Gasteiger partial charge in [-0.25, -0.2) is 0 Å². The van der Waals surface area contributed by atoms with Crippen LogP contribution >= 0.6 is 0 Å². The van der Waals surface area contributed by atoms with E-state index in [4.69, 9.17) is 5.73 Å². The Morgan fingerprint density at radius 2 is 2.36 bits per heavy atom. The van der Waals surface area contributed by atoms with Crippen LogP contribution in [0.1, 0.15) is 5.82 Å². The Morgan fingerprint density at radius 1 is 1.57 bits per heavy atom. The largest absolute Gasteiger partial charge is 0.329 e. The van der Waals surface area contributed by atoms with E-state index in [1.54, 1.807) is 7.05 Å². The molecule has 1 aromatic rings. The predicted octanol–water partition coefficient (Wildman–Crippen LogP) is -1.55. The van der Waals surface area contributed by atoms with E-state index in [-0.39, 0.29) is 0 Å². The van der Waals surface area contributed by atoms with Gasteiger partial charge >= 0.3 is 0 Å². The summed E-state index contributed by atoms with van der Waals surface area (Å²) in [5.41, 5.74) is 5.39. The van der Waals surface area contributed by atoms with Crippen LogP contribution in [-0.2, 0) is 7.05 Å². The van der Waals surface area contributed by atoms with Crippen LogP contribution in [0.25, 0.3) is 0 Å². The monoisotopic (exact) mass is 194 g/mol. The topological polar surface area (TPSA) is 72.9 Å². The van der Waals surface area contributed by atoms with E-state index in [1.807, 2.05) is 11.9 Å². The van der Waals surface area contributed by atoms with E-state index in [0.29, 0.717) is 18.9 Å². The van der Waals surface area contributed by atoms with Crippen molar-refractivity contribution in [1.29, 1.82) is 0 Å². The van der Waals surface area contributed by atoms with Gasteiger partial charge in [0.2, 0.25) is 5.82 Å². The molecule has 2 N–H and O–H groups in total. The summed E-state index contributed by atoms with van der Waals surface area (Å²) in [4.78, 5) is 3.41. The lowest BCUT2D eigenvalue weighted by Crippen LogP contribution is -2.25. The fourth-order valence-electron chi connectivity index (χ4n) is 0.887. The normalized spacial score (nSPS) is 10.0. The van der Waals surface area contributed by atoms with Crippen LogP contribution in [0.2, 0.25) is 0 Å². The zero-order valence-corrected chi connectivity index (χ0v) is 8.43. The first-order chi connectivity index (χ1) is 6.72. The van der Waals surface area contributed by atoms with E-state index in [9.17, 15) is 0 Å². The average Bonchev–Trinajstić information content (AvgIpc) is 2.52. The van der Waals surface area contributed by atoms with E-state index < -0.39 is 0 Å². The van der Waals surface area contributed by atoms with E-state index >= 15 is 0 Å². The van der Waals surface area contributed by atoms with Crippen LogP contribution in [0.3, 0.4) is 0 Å². The van der Waals surface area contributed by atoms with Crippen molar-refractivity contribution in [1.82, 2.24) is 25.1 Å². The Morgan fingerprint density at radius 3 is 2.93 bits per heavy atom. The SMILES string of the molecule is CN(CC#Cc1nnn(C)n1)CCN. The molecule has 14 heavy (non-hydrogen) atoms. The third-order valence-electron chi connectivity index (χ3n) is 1.57. The number of nitrogens with two attached hydrogens (primary N) is 1. The lowest BCUT2D eigenvalue weighted by molar-refractivity contribution is 0.386. The minimum atomic E-state index is 0.452. The van der Waals surface area contributed by atoms with Gasteiger partial charge in [-0.3, -0.25) is 4.90 Å². The second-order valence-electron chi connectivity index (χ2n) is 2.93. The van der Waals surface area contributed by atoms with Gasteiger partial charge in [0.25, 0.3) is 0 Å². The molecule has 0 spiro atoms. The lowest BCUT2D eigenvalue weighted by Gasteiger charge is -2.09. The molecule has 1 heterocycles. The standard InChI is InChI=1S/C8H14N6/c1-13(7-5-9)6-3-4-8-10-12-14(2)11-8/h5-7,9H2,1-2H3. The second-order valence-corrected chi connectivity index (χ2v) is 2.93. The first kappa shape index (κ1) is 10.6. The molecule has 0 aliphatic heterocycles. The van der Waals surface area contributed by atoms with Crippen molar-refractivity contribution in [2.45, 2.75) is 0 Å². The number of hydrogen-bond acceptors (Lipinski definition) is 5. The highest BCUT2D eigenvalue weighted by Gasteiger charge is 1.94. The predicted molar refractivity (Wildman–Crippen MR) is 52.2 cm³/mol. The van der Waals surface area contributed by atoms with E-state index in [2.05, 4.69) is 27.3 Å². The number of tetrazole rings is 1. The molecule has 0 saturated carbocycles. The molecule has 76 valence electrons. The Hall–Kier alpha value is -1.45. The van der Waals surface area contributed by atoms with Crippen LogP contribution < -0.4 is 5.73 Å². The summed E-state index contributed by atoms with van der Waals surface area (Å²) in [5.74, 6) is 6.21. The fraction of sp³-hybridized carbons (Fsp3) is 0.625. The van der Waals surface area contributed by atoms with Gasteiger partial charge in [0, 0.05) is 13.1 Å². The number of rotatable bonds is 3. The lowest BCUT2D eigenvalue weighted by atomic mass is 10.5. The number of aromatic nitrogens is 4. The van der Waals surface area contributed by atoms with Gasteiger partial charge in [-0.2, -0.15) is 4.80 Å². The van der Waals surface area contributed by atoms with Gasteiger partial charge in [0.1, 0.15) is 0 Å². The fourth-order valence-corrected chi connectivity index (χ4v) is 0.887. The Kier molecular flexibility index (Phi) is 4.04. The van der Waals surface area contributed by atoms with Gasteiger partial charge in [0.15, 0.2) is 0 Å². The quantitative estimate of drug-likeness (QED) is 0.590. The molecular formula is C8H14N6. The van der Waals surface area contributed by atoms with Crippen LogP contribution in [-0.4, -0.2) is 51.8 Å². The number of aryl methyl sites for hydroxylation is 1. The van der Waals surface area contributed by atoms with Gasteiger partial charge < -0.3 is 5.73 Å². The molecule has 0 atom stereocenters. The summed E-state index contributed by atoms with van der Waals surface area (Å²) < 4.78 is 0. The van der Waals surface area contributed by atoms with Crippen molar-refractivity contribution in [3.8, 4) is 11.8 Å². The highest BCUT2D eigenvalue weighted by atomic mass is 15.6. The molecule has 6 heteroatoms. The molecule has 0 unspecified atom stereocenters. The van der Waals surface area contributed by atoms with Crippen LogP contribution in [0.15, 0.2) is 0 Å². The molecule has 0 fully saturated rings. The smallest absolute Gasteiger partial charge is 0.247 e. The summed E-state index contributed by atoms with van der Waals surface area (Å²) >= 11 is 0. The summed E-state index contributed by atoms with van der Waals surface area (Å²) in [5, 5.41) is 11.3. The maximum Gasteiger partial charge on any atom is 0.247 e. The summed E-state index contributed by atoms with van der Waals surface area (Å²) in [6, 6.07) is 0. The van der Waals surface area contributed by atoms with E-state index in [1.165, 1.54) is 4.80 Å². The first-order valence-electron chi connectivity index (χ1n) is 4.34. The van der Waals surface area contributed by atoms with Gasteiger partial charge in [-0.05, 0) is 18.2 Å². The maximum absolute atomic E-state index is 5.39. The molecule has 0 amide bonds. The molecule has 0 aromatic carbocycles. The Balaban J connectivity index is 2.40. The van der Waals surface area contributed by atoms with Gasteiger partial charge in [-0.1, -0.05) is 11.0 Å². The van der Waals surface area contributed by atoms with Crippen LogP contribution in [0.4, 0.5) is 0 Å². The van der Waals surface area contributed by atoms with Crippen molar-refractivity contribution in [2.24, 2.45) is 12.8 Å². The number of hydrogen-bond donors (Lipinski definition) is 1. The van der Waals surface area contributed by atoms with Crippen molar-refractivity contribution in [3.05, 3.63) is 5.82 Å². The molecular weight excluding hydrogens is 180 g/mol. The summed E-state index contributed by atoms with van der Waals surface area (Å²) in [6.45, 7) is 2.14. The van der Waals surface area contributed by atoms with Crippen LogP contribution in [0, 0.1) is 11.8 Å². The zero-order chi connectivity index (χ0) is 10.4. The van der Waals surface area contributed by atoms with E-state index in [0.717, 1.165) is 6.54 Å². The minimum Gasteiger partial charge on any atom is -0.329 e. The summed E-state index contributed by atoms with van der Waals surface area (Å²) in [6.07, 6.45) is 0. The number of likely N-dealkylation sites (N-methyl/N-ethyl adjacent to an activating group) is 1. The van der Waals surface area contributed by atoms with Crippen molar-refractivity contribution in [2.75, 3.05) is 26.7 Å². The third kappa shape index (κ3) is 3.51. The molecule has 0 aliphatic rings. The molecule has 0 saturated heterocycles. The molecule has 0 aliphatic carbocycles. The molecule has 0 radical (unpaired) electrons. The third-order valence-corrected chi connectivity index (χ3v) is 1.57. The van der Waals surface area contributed by atoms with Crippen molar-refractivity contribution >= 4 is 0 Å². The van der Waals surface area contributed by atoms with Crippen molar-refractivity contribution < 1.29 is 0 Å². The van der Waals surface area contributed by atoms with Gasteiger partial charge in [0.05, 0.1) is 13.6 Å². The summed E-state index contributed by atoms with van der Waals surface area (Å²) in [7, 11) is 3.67. The highest BCUT2D eigenvalue weighted by Crippen LogP contribution is 1.81. The maximum atomic E-state index is 5.39. The molecule has 1 aromatic heterocycles. The van der Waals surface area contributed by atoms with Gasteiger partial charge in [-0.15, -0.1) is 5.10 Å². The molecule has 6 nitrogen and oxygen atoms in total. The Bertz CT molecular complexity index is 333. The first-order valence-corrected chi connectivity index (χ1v) is 4.34. The van der Waals surface area contributed by atoms with Crippen molar-refractivity contribution in [3.63, 3.8) is 0 Å². The highest BCUT2D eigenvalue weighted by molar-refractivity contribution is 5.18.